The van der Waals surface area contributed by atoms with Gasteiger partial charge in [0.2, 0.25) is 10.0 Å². The largest absolute Gasteiger partial charge is 0.480 e. The van der Waals surface area contributed by atoms with Gasteiger partial charge in [0.1, 0.15) is 5.75 Å². The van der Waals surface area contributed by atoms with E-state index in [4.69, 9.17) is 16.3 Å². The highest BCUT2D eigenvalue weighted by Crippen LogP contribution is 2.31. The van der Waals surface area contributed by atoms with Gasteiger partial charge >= 0.3 is 0 Å². The highest BCUT2D eigenvalue weighted by molar-refractivity contribution is 7.88. The van der Waals surface area contributed by atoms with Crippen LogP contribution in [0.2, 0.25) is 5.02 Å². The summed E-state index contributed by atoms with van der Waals surface area (Å²) in [6, 6.07) is 5.11. The smallest absolute Gasteiger partial charge is 0.261 e. The zero-order valence-corrected chi connectivity index (χ0v) is 14.4. The molecule has 2 aliphatic heterocycles. The fraction of sp³-hybridized carbons (Fsp3) is 0.533. The summed E-state index contributed by atoms with van der Waals surface area (Å²) in [7, 11) is -3.23. The number of nitrogens with one attached hydrogen (secondary N) is 1. The van der Waals surface area contributed by atoms with Gasteiger partial charge < -0.3 is 10.1 Å². The number of hydrogen-bond acceptors (Lipinski definition) is 4. The van der Waals surface area contributed by atoms with E-state index in [2.05, 4.69) is 5.32 Å². The predicted molar refractivity (Wildman–Crippen MR) is 87.2 cm³/mol. The first-order chi connectivity index (χ1) is 10.8. The van der Waals surface area contributed by atoms with Crippen LogP contribution >= 0.6 is 11.6 Å². The third-order valence-corrected chi connectivity index (χ3v) is 5.69. The Morgan fingerprint density at radius 3 is 2.96 bits per heavy atom. The third kappa shape index (κ3) is 3.79. The van der Waals surface area contributed by atoms with Crippen molar-refractivity contribution in [3.63, 3.8) is 0 Å². The van der Waals surface area contributed by atoms with Crippen LogP contribution in [0.3, 0.4) is 0 Å². The van der Waals surface area contributed by atoms with E-state index in [-0.39, 0.29) is 11.9 Å². The molecule has 0 bridgehead atoms. The second-order valence-electron chi connectivity index (χ2n) is 6.03. The lowest BCUT2D eigenvalue weighted by Gasteiger charge is -2.31. The topological polar surface area (TPSA) is 75.7 Å². The van der Waals surface area contributed by atoms with Crippen LogP contribution in [0, 0.1) is 0 Å². The lowest BCUT2D eigenvalue weighted by atomic mass is 10.1. The van der Waals surface area contributed by atoms with Gasteiger partial charge in [-0.1, -0.05) is 11.6 Å². The van der Waals surface area contributed by atoms with Crippen LogP contribution in [0.25, 0.3) is 0 Å². The minimum absolute atomic E-state index is 0.179. The molecule has 2 unspecified atom stereocenters. The molecule has 8 heteroatoms. The molecule has 6 nitrogen and oxygen atoms in total. The van der Waals surface area contributed by atoms with E-state index in [1.807, 2.05) is 0 Å². The van der Waals surface area contributed by atoms with Crippen LogP contribution in [0.5, 0.6) is 5.75 Å². The molecule has 126 valence electrons. The van der Waals surface area contributed by atoms with Gasteiger partial charge in [-0.2, -0.15) is 0 Å². The van der Waals surface area contributed by atoms with Crippen LogP contribution in [0.4, 0.5) is 0 Å². The highest BCUT2D eigenvalue weighted by Gasteiger charge is 2.32. The van der Waals surface area contributed by atoms with E-state index in [9.17, 15) is 13.2 Å². The fourth-order valence-electron chi connectivity index (χ4n) is 3.02. The molecule has 0 radical (unpaired) electrons. The second-order valence-corrected chi connectivity index (χ2v) is 8.45. The van der Waals surface area contributed by atoms with Crippen molar-refractivity contribution < 1.29 is 17.9 Å². The maximum Gasteiger partial charge on any atom is 0.261 e. The summed E-state index contributed by atoms with van der Waals surface area (Å²) in [5.41, 5.74) is 0.916. The van der Waals surface area contributed by atoms with Crippen molar-refractivity contribution in [2.24, 2.45) is 0 Å². The molecule has 2 aliphatic rings. The molecule has 1 amide bonds. The lowest BCUT2D eigenvalue weighted by molar-refractivity contribution is -0.128. The summed E-state index contributed by atoms with van der Waals surface area (Å²) in [5, 5.41) is 3.52. The molecule has 0 aliphatic carbocycles. The van der Waals surface area contributed by atoms with E-state index in [1.54, 1.807) is 18.2 Å². The molecular weight excluding hydrogens is 340 g/mol. The number of carbonyl (C=O) groups is 1. The lowest BCUT2D eigenvalue weighted by Crippen LogP contribution is -2.52. The van der Waals surface area contributed by atoms with Crippen molar-refractivity contribution in [2.75, 3.05) is 19.3 Å². The van der Waals surface area contributed by atoms with E-state index < -0.39 is 16.1 Å². The highest BCUT2D eigenvalue weighted by atomic mass is 35.5. The summed E-state index contributed by atoms with van der Waals surface area (Å²) in [6.45, 7) is 0.825. The zero-order chi connectivity index (χ0) is 16.6. The predicted octanol–water partition coefficient (Wildman–Crippen LogP) is 1.18. The second kappa shape index (κ2) is 6.30. The Morgan fingerprint density at radius 2 is 2.22 bits per heavy atom. The minimum atomic E-state index is -3.23. The van der Waals surface area contributed by atoms with Crippen molar-refractivity contribution in [3.8, 4) is 5.75 Å². The van der Waals surface area contributed by atoms with Crippen molar-refractivity contribution in [3.05, 3.63) is 28.8 Å². The average molecular weight is 359 g/mol. The summed E-state index contributed by atoms with van der Waals surface area (Å²) >= 11 is 5.95. The number of carbonyl (C=O) groups excluding carboxylic acids is 1. The molecule has 3 rings (SSSR count). The summed E-state index contributed by atoms with van der Waals surface area (Å²) in [4.78, 5) is 12.4. The molecule has 2 atom stereocenters. The normalized spacial score (nSPS) is 24.8. The van der Waals surface area contributed by atoms with Crippen LogP contribution in [0.1, 0.15) is 18.4 Å². The van der Waals surface area contributed by atoms with E-state index in [0.717, 1.165) is 18.4 Å². The number of amides is 1. The maximum absolute atomic E-state index is 12.4. The number of rotatable bonds is 3. The molecular formula is C15H19ClN2O4S. The zero-order valence-electron chi connectivity index (χ0n) is 12.8. The molecule has 0 saturated carbocycles. The standard InChI is InChI=1S/C15H19ClN2O4S/c1-23(20,21)18-6-2-3-12(9-18)17-15(19)14-8-10-7-11(16)4-5-13(10)22-14/h4-5,7,12,14H,2-3,6,8-9H2,1H3,(H,17,19). The summed E-state index contributed by atoms with van der Waals surface area (Å²) in [5.74, 6) is 0.466. The number of ether oxygens (including phenoxy) is 1. The Hall–Kier alpha value is -1.31. The van der Waals surface area contributed by atoms with Gasteiger partial charge in [0.05, 0.1) is 6.26 Å². The Bertz CT molecular complexity index is 722. The molecule has 1 aromatic carbocycles. The number of halogens is 1. The van der Waals surface area contributed by atoms with Crippen LogP contribution in [-0.4, -0.2) is 50.1 Å². The van der Waals surface area contributed by atoms with Crippen LogP contribution < -0.4 is 10.1 Å². The summed E-state index contributed by atoms with van der Waals surface area (Å²) in [6.07, 6.45) is 2.59. The number of nitrogens with zero attached hydrogens (tertiary/aromatic N) is 1. The monoisotopic (exact) mass is 358 g/mol. The Balaban J connectivity index is 1.60. The third-order valence-electron chi connectivity index (χ3n) is 4.19. The number of hydrogen-bond donors (Lipinski definition) is 1. The van der Waals surface area contributed by atoms with Gasteiger partial charge in [0.15, 0.2) is 6.10 Å². The molecule has 0 aromatic heterocycles. The van der Waals surface area contributed by atoms with Gasteiger partial charge in [-0.05, 0) is 36.6 Å². The SMILES string of the molecule is CS(=O)(=O)N1CCCC(NC(=O)C2Cc3cc(Cl)ccc3O2)C1. The first-order valence-corrected chi connectivity index (χ1v) is 9.76. The van der Waals surface area contributed by atoms with Gasteiger partial charge in [-0.3, -0.25) is 4.79 Å². The van der Waals surface area contributed by atoms with Crippen LogP contribution in [0.15, 0.2) is 18.2 Å². The Labute approximate surface area is 140 Å². The number of fused-ring (bicyclic) bond motifs is 1. The van der Waals surface area contributed by atoms with Crippen molar-refractivity contribution in [1.29, 1.82) is 0 Å². The van der Waals surface area contributed by atoms with E-state index in [0.29, 0.717) is 30.3 Å². The number of benzene rings is 1. The van der Waals surface area contributed by atoms with E-state index >= 15 is 0 Å². The quantitative estimate of drug-likeness (QED) is 0.880. The Kier molecular flexibility index (Phi) is 4.53. The fourth-order valence-corrected chi connectivity index (χ4v) is 4.13. The van der Waals surface area contributed by atoms with E-state index in [1.165, 1.54) is 10.6 Å². The molecule has 23 heavy (non-hydrogen) atoms. The summed E-state index contributed by atoms with van der Waals surface area (Å²) < 4.78 is 30.3. The molecule has 1 aromatic rings. The van der Waals surface area contributed by atoms with Gasteiger partial charge in [-0.25, -0.2) is 12.7 Å². The minimum Gasteiger partial charge on any atom is -0.480 e. The molecule has 2 heterocycles. The average Bonchev–Trinajstić information content (AvgIpc) is 2.90. The van der Waals surface area contributed by atoms with Gasteiger partial charge in [-0.15, -0.1) is 0 Å². The Morgan fingerprint density at radius 1 is 1.43 bits per heavy atom. The maximum atomic E-state index is 12.4. The van der Waals surface area contributed by atoms with Crippen LogP contribution in [-0.2, 0) is 21.2 Å². The number of sulfonamides is 1. The van der Waals surface area contributed by atoms with Crippen molar-refractivity contribution in [1.82, 2.24) is 9.62 Å². The number of piperidine rings is 1. The molecule has 1 fully saturated rings. The first kappa shape index (κ1) is 16.5. The van der Waals surface area contributed by atoms with Crippen molar-refractivity contribution in [2.45, 2.75) is 31.4 Å². The molecule has 0 spiro atoms. The van der Waals surface area contributed by atoms with Gasteiger partial charge in [0.25, 0.3) is 5.91 Å². The molecule has 1 N–H and O–H groups in total. The van der Waals surface area contributed by atoms with Crippen molar-refractivity contribution >= 4 is 27.5 Å². The first-order valence-electron chi connectivity index (χ1n) is 7.53. The molecule has 1 saturated heterocycles. The van der Waals surface area contributed by atoms with Gasteiger partial charge in [0, 0.05) is 30.6 Å².